The molecule has 1 amide bonds. The summed E-state index contributed by atoms with van der Waals surface area (Å²) in [7, 11) is 0. The van der Waals surface area contributed by atoms with Crippen molar-refractivity contribution in [3.63, 3.8) is 0 Å². The molecule has 0 aliphatic heterocycles. The van der Waals surface area contributed by atoms with E-state index in [2.05, 4.69) is 10.3 Å². The molecule has 122 valence electrons. The van der Waals surface area contributed by atoms with Crippen LogP contribution < -0.4 is 5.32 Å². The molecular weight excluding hydrogens is 319 g/mol. The number of hydrogen-bond donors (Lipinski definition) is 1. The summed E-state index contributed by atoms with van der Waals surface area (Å²) in [4.78, 5) is 15.8. The van der Waals surface area contributed by atoms with E-state index in [-0.39, 0.29) is 0 Å². The van der Waals surface area contributed by atoms with Crippen LogP contribution in [-0.4, -0.2) is 16.7 Å². The van der Waals surface area contributed by atoms with E-state index in [1.54, 1.807) is 52.1 Å². The highest BCUT2D eigenvalue weighted by Gasteiger charge is 2.17. The first-order valence-corrected chi connectivity index (χ1v) is 7.46. The predicted octanol–water partition coefficient (Wildman–Crippen LogP) is 5.20. The summed E-state index contributed by atoms with van der Waals surface area (Å²) in [6.07, 6.45) is 0.928. The molecule has 0 aliphatic rings. The Bertz CT molecular complexity index is 722. The highest BCUT2D eigenvalue weighted by molar-refractivity contribution is 6.33. The van der Waals surface area contributed by atoms with Gasteiger partial charge in [0.05, 0.1) is 5.02 Å². The van der Waals surface area contributed by atoms with Gasteiger partial charge in [0.25, 0.3) is 0 Å². The van der Waals surface area contributed by atoms with Crippen molar-refractivity contribution in [1.82, 2.24) is 4.98 Å². The van der Waals surface area contributed by atoms with E-state index in [4.69, 9.17) is 16.3 Å². The number of aryl methyl sites for hydroxylation is 1. The second kappa shape index (κ2) is 6.54. The highest BCUT2D eigenvalue weighted by atomic mass is 35.5. The summed E-state index contributed by atoms with van der Waals surface area (Å²) in [5.74, 6) is -0.503. The van der Waals surface area contributed by atoms with E-state index in [9.17, 15) is 9.18 Å². The third-order valence-corrected chi connectivity index (χ3v) is 3.29. The zero-order chi connectivity index (χ0) is 17.2. The fourth-order valence-electron chi connectivity index (χ4n) is 2.08. The van der Waals surface area contributed by atoms with Crippen LogP contribution in [0.5, 0.6) is 0 Å². The highest BCUT2D eigenvalue weighted by Crippen LogP contribution is 2.32. The Labute approximate surface area is 139 Å². The molecule has 23 heavy (non-hydrogen) atoms. The summed E-state index contributed by atoms with van der Waals surface area (Å²) in [5.41, 5.74) is 1.18. The maximum atomic E-state index is 14.4. The standard InChI is InChI=1S/C17H18ClFN2O2/c1-10-15(13(18)7-8-20-10)12-6-5-11(9-14(12)19)21-16(22)23-17(2,3)4/h5-9H,1-4H3,(H,21,22). The van der Waals surface area contributed by atoms with Gasteiger partial charge in [0, 0.05) is 28.7 Å². The molecular formula is C17H18ClFN2O2. The number of rotatable bonds is 2. The van der Waals surface area contributed by atoms with Gasteiger partial charge in [0.15, 0.2) is 0 Å². The Balaban J connectivity index is 2.27. The van der Waals surface area contributed by atoms with Gasteiger partial charge in [-0.25, -0.2) is 9.18 Å². The minimum Gasteiger partial charge on any atom is -0.444 e. The van der Waals surface area contributed by atoms with Crippen molar-refractivity contribution in [3.05, 3.63) is 47.0 Å². The van der Waals surface area contributed by atoms with Gasteiger partial charge in [-0.2, -0.15) is 0 Å². The van der Waals surface area contributed by atoms with Crippen LogP contribution >= 0.6 is 11.6 Å². The van der Waals surface area contributed by atoms with Crippen LogP contribution in [0.3, 0.4) is 0 Å². The number of anilines is 1. The number of benzene rings is 1. The number of nitrogens with one attached hydrogen (secondary N) is 1. The molecule has 1 aromatic carbocycles. The molecule has 1 aromatic heterocycles. The van der Waals surface area contributed by atoms with Gasteiger partial charge in [-0.15, -0.1) is 0 Å². The molecule has 0 unspecified atom stereocenters. The summed E-state index contributed by atoms with van der Waals surface area (Å²) in [5, 5.41) is 2.92. The smallest absolute Gasteiger partial charge is 0.412 e. The van der Waals surface area contributed by atoms with Crippen LogP contribution in [0.1, 0.15) is 26.5 Å². The number of carbonyl (C=O) groups is 1. The Morgan fingerprint density at radius 3 is 2.57 bits per heavy atom. The Kier molecular flexibility index (Phi) is 4.90. The largest absolute Gasteiger partial charge is 0.444 e. The third-order valence-electron chi connectivity index (χ3n) is 2.97. The number of hydrogen-bond acceptors (Lipinski definition) is 3. The van der Waals surface area contributed by atoms with E-state index < -0.39 is 17.5 Å². The van der Waals surface area contributed by atoms with E-state index in [0.29, 0.717) is 27.5 Å². The van der Waals surface area contributed by atoms with Gasteiger partial charge in [0.2, 0.25) is 0 Å². The SMILES string of the molecule is Cc1nccc(Cl)c1-c1ccc(NC(=O)OC(C)(C)C)cc1F. The molecule has 0 spiro atoms. The van der Waals surface area contributed by atoms with Crippen molar-refractivity contribution in [2.24, 2.45) is 0 Å². The van der Waals surface area contributed by atoms with Crippen LogP contribution in [0.15, 0.2) is 30.5 Å². The van der Waals surface area contributed by atoms with Crippen LogP contribution in [0, 0.1) is 12.7 Å². The minimum absolute atomic E-state index is 0.304. The number of pyridine rings is 1. The van der Waals surface area contributed by atoms with E-state index in [0.717, 1.165) is 0 Å². The monoisotopic (exact) mass is 336 g/mol. The zero-order valence-electron chi connectivity index (χ0n) is 13.4. The molecule has 0 fully saturated rings. The lowest BCUT2D eigenvalue weighted by molar-refractivity contribution is 0.0636. The predicted molar refractivity (Wildman–Crippen MR) is 89.2 cm³/mol. The Morgan fingerprint density at radius 2 is 2.00 bits per heavy atom. The molecule has 0 radical (unpaired) electrons. The number of nitrogens with zero attached hydrogens (tertiary/aromatic N) is 1. The van der Waals surface area contributed by atoms with E-state index in [1.807, 2.05) is 0 Å². The lowest BCUT2D eigenvalue weighted by Gasteiger charge is -2.19. The molecule has 0 atom stereocenters. The Morgan fingerprint density at radius 1 is 1.30 bits per heavy atom. The third kappa shape index (κ3) is 4.42. The molecule has 2 aromatic rings. The van der Waals surface area contributed by atoms with Crippen LogP contribution in [-0.2, 0) is 4.74 Å². The molecule has 6 heteroatoms. The number of halogens is 2. The summed E-state index contributed by atoms with van der Waals surface area (Å²) in [6, 6.07) is 5.97. The normalized spacial score (nSPS) is 11.2. The van der Waals surface area contributed by atoms with Crippen LogP contribution in [0.2, 0.25) is 5.02 Å². The first kappa shape index (κ1) is 17.2. The second-order valence-corrected chi connectivity index (χ2v) is 6.48. The number of ether oxygens (including phenoxy) is 1. The molecule has 1 heterocycles. The average molecular weight is 337 g/mol. The lowest BCUT2D eigenvalue weighted by Crippen LogP contribution is -2.27. The molecule has 0 saturated heterocycles. The zero-order valence-corrected chi connectivity index (χ0v) is 14.2. The fourth-order valence-corrected chi connectivity index (χ4v) is 2.37. The summed E-state index contributed by atoms with van der Waals surface area (Å²) < 4.78 is 19.5. The van der Waals surface area contributed by atoms with Gasteiger partial charge in [-0.05, 0) is 52.0 Å². The minimum atomic E-state index is -0.639. The first-order chi connectivity index (χ1) is 10.7. The van der Waals surface area contributed by atoms with Crippen molar-refractivity contribution in [3.8, 4) is 11.1 Å². The molecule has 0 bridgehead atoms. The molecule has 1 N–H and O–H groups in total. The van der Waals surface area contributed by atoms with Gasteiger partial charge >= 0.3 is 6.09 Å². The first-order valence-electron chi connectivity index (χ1n) is 7.08. The maximum absolute atomic E-state index is 14.4. The van der Waals surface area contributed by atoms with Crippen molar-refractivity contribution in [2.45, 2.75) is 33.3 Å². The quantitative estimate of drug-likeness (QED) is 0.820. The van der Waals surface area contributed by atoms with Crippen molar-refractivity contribution >= 4 is 23.4 Å². The van der Waals surface area contributed by atoms with Crippen LogP contribution in [0.4, 0.5) is 14.9 Å². The van der Waals surface area contributed by atoms with Crippen LogP contribution in [0.25, 0.3) is 11.1 Å². The lowest BCUT2D eigenvalue weighted by atomic mass is 10.0. The summed E-state index contributed by atoms with van der Waals surface area (Å²) >= 11 is 6.14. The van der Waals surface area contributed by atoms with E-state index >= 15 is 0 Å². The number of carbonyl (C=O) groups excluding carboxylic acids is 1. The summed E-state index contributed by atoms with van der Waals surface area (Å²) in [6.45, 7) is 7.02. The van der Waals surface area contributed by atoms with Gasteiger partial charge in [-0.3, -0.25) is 10.3 Å². The van der Waals surface area contributed by atoms with Gasteiger partial charge in [-0.1, -0.05) is 11.6 Å². The Hall–Kier alpha value is -2.14. The topological polar surface area (TPSA) is 51.2 Å². The van der Waals surface area contributed by atoms with E-state index in [1.165, 1.54) is 6.07 Å². The fraction of sp³-hybridized carbons (Fsp3) is 0.294. The van der Waals surface area contributed by atoms with Gasteiger partial charge < -0.3 is 4.74 Å². The molecule has 0 aliphatic carbocycles. The van der Waals surface area contributed by atoms with Crippen molar-refractivity contribution in [2.75, 3.05) is 5.32 Å². The number of aromatic nitrogens is 1. The second-order valence-electron chi connectivity index (χ2n) is 6.07. The van der Waals surface area contributed by atoms with Crippen molar-refractivity contribution < 1.29 is 13.9 Å². The van der Waals surface area contributed by atoms with Gasteiger partial charge in [0.1, 0.15) is 11.4 Å². The molecule has 0 saturated carbocycles. The average Bonchev–Trinajstić information content (AvgIpc) is 2.38. The molecule has 4 nitrogen and oxygen atoms in total. The van der Waals surface area contributed by atoms with Crippen molar-refractivity contribution in [1.29, 1.82) is 0 Å². The maximum Gasteiger partial charge on any atom is 0.412 e. The molecule has 2 rings (SSSR count). The number of amides is 1.